The Morgan fingerprint density at radius 2 is 2.04 bits per heavy atom. The van der Waals surface area contributed by atoms with Crippen LogP contribution in [0.25, 0.3) is 0 Å². The van der Waals surface area contributed by atoms with Crippen molar-refractivity contribution in [1.29, 1.82) is 0 Å². The highest BCUT2D eigenvalue weighted by molar-refractivity contribution is 6.00. The summed E-state index contributed by atoms with van der Waals surface area (Å²) in [6, 6.07) is -0.416. The van der Waals surface area contributed by atoms with Crippen LogP contribution < -0.4 is 10.6 Å². The minimum absolute atomic E-state index is 0.153. The van der Waals surface area contributed by atoms with Crippen LogP contribution in [0.15, 0.2) is 12.2 Å². The molecule has 1 aliphatic rings. The van der Waals surface area contributed by atoms with E-state index in [1.54, 1.807) is 32.9 Å². The highest BCUT2D eigenvalue weighted by atomic mass is 16.5. The van der Waals surface area contributed by atoms with Crippen LogP contribution in [-0.2, 0) is 19.1 Å². The smallest absolute Gasteiger partial charge is 0.309 e. The molecule has 2 amide bonds. The second-order valence-corrected chi connectivity index (χ2v) is 5.98. The number of rotatable bonds is 3. The lowest BCUT2D eigenvalue weighted by molar-refractivity contribution is -0.153. The van der Waals surface area contributed by atoms with Crippen molar-refractivity contribution in [2.75, 3.05) is 13.2 Å². The Morgan fingerprint density at radius 3 is 2.70 bits per heavy atom. The summed E-state index contributed by atoms with van der Waals surface area (Å²) < 4.78 is 5.24. The number of cyclic esters (lactones) is 1. The molecule has 23 heavy (non-hydrogen) atoms. The monoisotopic (exact) mass is 326 g/mol. The Morgan fingerprint density at radius 1 is 1.39 bits per heavy atom. The van der Waals surface area contributed by atoms with E-state index in [4.69, 9.17) is 9.84 Å². The molecule has 0 radical (unpaired) electrons. The number of carbonyl (C=O) groups is 3. The highest BCUT2D eigenvalue weighted by Gasteiger charge is 2.27. The molecule has 3 N–H and O–H groups in total. The number of hydrogen-bond acceptors (Lipinski definition) is 5. The van der Waals surface area contributed by atoms with Gasteiger partial charge in [0.2, 0.25) is 11.8 Å². The Bertz CT molecular complexity index is 463. The minimum atomic E-state index is -0.877. The third kappa shape index (κ3) is 6.40. The first kappa shape index (κ1) is 19.2. The van der Waals surface area contributed by atoms with E-state index in [0.29, 0.717) is 6.42 Å². The highest BCUT2D eigenvalue weighted by Crippen LogP contribution is 2.12. The van der Waals surface area contributed by atoms with Gasteiger partial charge in [-0.3, -0.25) is 14.4 Å². The van der Waals surface area contributed by atoms with E-state index in [9.17, 15) is 14.4 Å². The fraction of sp³-hybridized carbons (Fsp3) is 0.688. The molecule has 0 aromatic heterocycles. The van der Waals surface area contributed by atoms with Crippen molar-refractivity contribution in [1.82, 2.24) is 10.6 Å². The van der Waals surface area contributed by atoms with Gasteiger partial charge in [-0.05, 0) is 26.7 Å². The number of carbonyl (C=O) groups excluding carboxylic acids is 3. The lowest BCUT2D eigenvalue weighted by atomic mass is 10.0. The normalized spacial score (nSPS) is 27.9. The number of ether oxygens (including phenoxy) is 1. The third-order valence-electron chi connectivity index (χ3n) is 3.61. The molecule has 130 valence electrons. The Labute approximate surface area is 136 Å². The van der Waals surface area contributed by atoms with Gasteiger partial charge in [0.1, 0.15) is 12.0 Å². The largest absolute Gasteiger partial charge is 0.461 e. The molecule has 7 heteroatoms. The fourth-order valence-electron chi connectivity index (χ4n) is 2.07. The summed E-state index contributed by atoms with van der Waals surface area (Å²) in [5, 5.41) is 14.2. The standard InChI is InChI=1S/C16H26N2O5/c1-10-6-4-5-7-13(15(21)18-11(2)9-19)14(20)17-8-12(3)23-16(10)22/h4-5,10-13,19H,6-9H2,1-3H3,(H,17,20)(H,18,21)/t10?,11-,12?,13?/m1/s1. The SMILES string of the molecule is CC1CNC(=O)C(C(=O)N[C@H](C)CO)CC=CCC(C)C(=O)O1. The van der Waals surface area contributed by atoms with Crippen molar-refractivity contribution in [3.8, 4) is 0 Å². The van der Waals surface area contributed by atoms with Gasteiger partial charge < -0.3 is 20.5 Å². The number of allylic oxidation sites excluding steroid dienone is 2. The Balaban J connectivity index is 2.83. The first-order valence-corrected chi connectivity index (χ1v) is 7.89. The maximum absolute atomic E-state index is 12.2. The lowest BCUT2D eigenvalue weighted by Gasteiger charge is -2.21. The summed E-state index contributed by atoms with van der Waals surface area (Å²) in [6.07, 6.45) is 3.78. The topological polar surface area (TPSA) is 105 Å². The molecule has 0 aromatic carbocycles. The van der Waals surface area contributed by atoms with Crippen LogP contribution in [0, 0.1) is 11.8 Å². The van der Waals surface area contributed by atoms with Gasteiger partial charge >= 0.3 is 5.97 Å². The average Bonchev–Trinajstić information content (AvgIpc) is 2.50. The van der Waals surface area contributed by atoms with Crippen LogP contribution >= 0.6 is 0 Å². The molecule has 0 saturated carbocycles. The zero-order valence-corrected chi connectivity index (χ0v) is 13.9. The Kier molecular flexibility index (Phi) is 7.74. The number of aliphatic hydroxyl groups excluding tert-OH is 1. The van der Waals surface area contributed by atoms with E-state index >= 15 is 0 Å². The molecule has 1 rings (SSSR count). The molecule has 4 atom stereocenters. The number of aliphatic hydroxyl groups is 1. The van der Waals surface area contributed by atoms with Crippen LogP contribution in [0.3, 0.4) is 0 Å². The van der Waals surface area contributed by atoms with E-state index in [1.807, 2.05) is 0 Å². The van der Waals surface area contributed by atoms with Crippen molar-refractivity contribution >= 4 is 17.8 Å². The molecule has 0 fully saturated rings. The van der Waals surface area contributed by atoms with Crippen molar-refractivity contribution < 1.29 is 24.2 Å². The second kappa shape index (κ2) is 9.29. The van der Waals surface area contributed by atoms with Gasteiger partial charge in [-0.15, -0.1) is 0 Å². The van der Waals surface area contributed by atoms with Crippen LogP contribution in [0.2, 0.25) is 0 Å². The van der Waals surface area contributed by atoms with Crippen molar-refractivity contribution in [2.24, 2.45) is 11.8 Å². The molecule has 0 aromatic rings. The molecular weight excluding hydrogens is 300 g/mol. The predicted molar refractivity (Wildman–Crippen MR) is 84.3 cm³/mol. The van der Waals surface area contributed by atoms with Crippen LogP contribution in [0.5, 0.6) is 0 Å². The molecule has 7 nitrogen and oxygen atoms in total. The molecule has 1 heterocycles. The molecule has 1 aliphatic heterocycles. The third-order valence-corrected chi connectivity index (χ3v) is 3.61. The average molecular weight is 326 g/mol. The summed E-state index contributed by atoms with van der Waals surface area (Å²) in [5.41, 5.74) is 0. The van der Waals surface area contributed by atoms with Crippen LogP contribution in [-0.4, -0.2) is 48.2 Å². The van der Waals surface area contributed by atoms with Crippen molar-refractivity contribution in [3.63, 3.8) is 0 Å². The molecule has 0 aliphatic carbocycles. The van der Waals surface area contributed by atoms with Gasteiger partial charge in [0.05, 0.1) is 19.1 Å². The summed E-state index contributed by atoms with van der Waals surface area (Å²) >= 11 is 0. The number of nitrogens with one attached hydrogen (secondary N) is 2. The van der Waals surface area contributed by atoms with E-state index in [1.165, 1.54) is 0 Å². The van der Waals surface area contributed by atoms with E-state index in [2.05, 4.69) is 10.6 Å². The predicted octanol–water partition coefficient (Wildman–Crippen LogP) is 0.134. The first-order valence-electron chi connectivity index (χ1n) is 7.89. The second-order valence-electron chi connectivity index (χ2n) is 5.98. The van der Waals surface area contributed by atoms with Crippen LogP contribution in [0.1, 0.15) is 33.6 Å². The lowest BCUT2D eigenvalue weighted by Crippen LogP contribution is -2.46. The minimum Gasteiger partial charge on any atom is -0.461 e. The van der Waals surface area contributed by atoms with Crippen LogP contribution in [0.4, 0.5) is 0 Å². The quantitative estimate of drug-likeness (QED) is 0.388. The Hall–Kier alpha value is -1.89. The number of amides is 2. The van der Waals surface area contributed by atoms with Gasteiger partial charge in [-0.2, -0.15) is 0 Å². The molecule has 0 saturated heterocycles. The van der Waals surface area contributed by atoms with E-state index in [-0.39, 0.29) is 31.5 Å². The summed E-state index contributed by atoms with van der Waals surface area (Å²) in [6.45, 7) is 5.08. The zero-order chi connectivity index (χ0) is 17.4. The molecule has 0 spiro atoms. The van der Waals surface area contributed by atoms with Gasteiger partial charge in [0.25, 0.3) is 0 Å². The van der Waals surface area contributed by atoms with Crippen molar-refractivity contribution in [2.45, 2.75) is 45.8 Å². The maximum atomic E-state index is 12.2. The van der Waals surface area contributed by atoms with Gasteiger partial charge in [-0.25, -0.2) is 0 Å². The maximum Gasteiger partial charge on any atom is 0.309 e. The summed E-state index contributed by atoms with van der Waals surface area (Å²) in [4.78, 5) is 36.2. The van der Waals surface area contributed by atoms with E-state index < -0.39 is 29.9 Å². The van der Waals surface area contributed by atoms with Crippen molar-refractivity contribution in [3.05, 3.63) is 12.2 Å². The fourth-order valence-corrected chi connectivity index (χ4v) is 2.07. The van der Waals surface area contributed by atoms with Gasteiger partial charge in [-0.1, -0.05) is 19.1 Å². The van der Waals surface area contributed by atoms with Gasteiger partial charge in [0, 0.05) is 6.04 Å². The molecule has 0 bridgehead atoms. The van der Waals surface area contributed by atoms with E-state index in [0.717, 1.165) is 0 Å². The number of esters is 1. The first-order chi connectivity index (χ1) is 10.8. The molecular formula is C16H26N2O5. The molecule has 3 unspecified atom stereocenters. The number of hydrogen-bond donors (Lipinski definition) is 3. The van der Waals surface area contributed by atoms with Gasteiger partial charge in [0.15, 0.2) is 0 Å². The summed E-state index contributed by atoms with van der Waals surface area (Å²) in [5.74, 6) is -2.30. The summed E-state index contributed by atoms with van der Waals surface area (Å²) in [7, 11) is 0. The zero-order valence-electron chi connectivity index (χ0n) is 13.9.